The van der Waals surface area contributed by atoms with Gasteiger partial charge in [0.2, 0.25) is 5.91 Å². The lowest BCUT2D eigenvalue weighted by molar-refractivity contribution is -0.115. The number of hydrogen-bond donors (Lipinski definition) is 3. The third kappa shape index (κ3) is 6.78. The molecule has 3 N–H and O–H groups in total. The van der Waals surface area contributed by atoms with E-state index in [4.69, 9.17) is 11.6 Å². The molecule has 7 nitrogen and oxygen atoms in total. The van der Waals surface area contributed by atoms with Crippen molar-refractivity contribution in [3.8, 4) is 0 Å². The summed E-state index contributed by atoms with van der Waals surface area (Å²) in [4.78, 5) is 16.7. The predicted molar refractivity (Wildman–Crippen MR) is 124 cm³/mol. The quantitative estimate of drug-likeness (QED) is 0.581. The molecule has 2 aromatic carbocycles. The van der Waals surface area contributed by atoms with E-state index in [9.17, 15) is 13.2 Å². The van der Waals surface area contributed by atoms with E-state index < -0.39 is 10.0 Å². The van der Waals surface area contributed by atoms with E-state index in [0.717, 1.165) is 24.8 Å². The van der Waals surface area contributed by atoms with Crippen molar-refractivity contribution in [2.75, 3.05) is 18.4 Å². The molecule has 0 fully saturated rings. The molecule has 0 radical (unpaired) electrons. The van der Waals surface area contributed by atoms with E-state index >= 15 is 0 Å². The third-order valence-corrected chi connectivity index (χ3v) is 6.76. The monoisotopic (exact) mass is 462 g/mol. The highest BCUT2D eigenvalue weighted by Crippen LogP contribution is 2.22. The van der Waals surface area contributed by atoms with Crippen LogP contribution in [0.3, 0.4) is 0 Å². The molecule has 0 aliphatic carbocycles. The lowest BCUT2D eigenvalue weighted by Gasteiger charge is -2.15. The van der Waals surface area contributed by atoms with Gasteiger partial charge in [-0.15, -0.1) is 0 Å². The van der Waals surface area contributed by atoms with E-state index in [1.54, 1.807) is 12.1 Å². The number of benzene rings is 2. The highest BCUT2D eigenvalue weighted by atomic mass is 35.5. The number of carbonyl (C=O) groups is 1. The number of nitrogens with zero attached hydrogens (tertiary/aromatic N) is 1. The zero-order valence-corrected chi connectivity index (χ0v) is 19.0. The van der Waals surface area contributed by atoms with Gasteiger partial charge in [-0.3, -0.25) is 14.5 Å². The Morgan fingerprint density at radius 3 is 2.58 bits per heavy atom. The Balaban J connectivity index is 1.54. The molecule has 0 saturated carbocycles. The van der Waals surface area contributed by atoms with Crippen molar-refractivity contribution in [2.24, 2.45) is 4.99 Å². The molecule has 0 bridgehead atoms. The van der Waals surface area contributed by atoms with Gasteiger partial charge in [0, 0.05) is 29.7 Å². The summed E-state index contributed by atoms with van der Waals surface area (Å²) < 4.78 is 27.8. The second-order valence-electron chi connectivity index (χ2n) is 7.44. The zero-order valence-electron chi connectivity index (χ0n) is 17.4. The standard InChI is InChI=1S/C22H27ClN4O3S/c1-16(19-7-4-5-8-20(19)23)25-15-22(28)26-17-10-12-18(13-11-17)31(29,30)27-21-9-3-2-6-14-24-21/h4-5,7-8,10-13,16,25H,2-3,6,9,14-15H2,1H3,(H,24,27)(H,26,28)/t16-/m1/s1. The molecule has 166 valence electrons. The molecule has 1 atom stereocenters. The summed E-state index contributed by atoms with van der Waals surface area (Å²) >= 11 is 6.18. The van der Waals surface area contributed by atoms with Gasteiger partial charge in [0.25, 0.3) is 10.0 Å². The van der Waals surface area contributed by atoms with Gasteiger partial charge in [-0.25, -0.2) is 8.42 Å². The van der Waals surface area contributed by atoms with Crippen molar-refractivity contribution in [3.05, 3.63) is 59.1 Å². The van der Waals surface area contributed by atoms with Crippen LogP contribution >= 0.6 is 11.6 Å². The predicted octanol–water partition coefficient (Wildman–Crippen LogP) is 3.88. The van der Waals surface area contributed by atoms with E-state index in [1.165, 1.54) is 12.1 Å². The Bertz CT molecular complexity index is 1040. The zero-order chi connectivity index (χ0) is 22.3. The number of nitrogens with one attached hydrogen (secondary N) is 3. The van der Waals surface area contributed by atoms with Crippen LogP contribution in [-0.4, -0.2) is 33.3 Å². The Morgan fingerprint density at radius 2 is 1.84 bits per heavy atom. The Labute approximate surface area is 188 Å². The van der Waals surface area contributed by atoms with Crippen LogP contribution in [0.1, 0.15) is 44.2 Å². The van der Waals surface area contributed by atoms with Crippen LogP contribution in [0.4, 0.5) is 5.69 Å². The fourth-order valence-electron chi connectivity index (χ4n) is 3.28. The van der Waals surface area contributed by atoms with Crippen LogP contribution < -0.4 is 15.4 Å². The van der Waals surface area contributed by atoms with Crippen molar-refractivity contribution in [2.45, 2.75) is 43.5 Å². The summed E-state index contributed by atoms with van der Waals surface area (Å²) in [6, 6.07) is 13.4. The molecule has 0 unspecified atom stereocenters. The molecule has 0 saturated heterocycles. The summed E-state index contributed by atoms with van der Waals surface area (Å²) in [5.41, 5.74) is 1.43. The Morgan fingerprint density at radius 1 is 1.10 bits per heavy atom. The largest absolute Gasteiger partial charge is 0.325 e. The molecule has 2 aromatic rings. The number of anilines is 1. The minimum Gasteiger partial charge on any atom is -0.325 e. The summed E-state index contributed by atoms with van der Waals surface area (Å²) in [5.74, 6) is 0.272. The first kappa shape index (κ1) is 23.2. The van der Waals surface area contributed by atoms with Gasteiger partial charge in [0.15, 0.2) is 0 Å². The Hall–Kier alpha value is -2.42. The first-order valence-corrected chi connectivity index (χ1v) is 12.1. The molecule has 1 aliphatic rings. The molecule has 0 aromatic heterocycles. The number of amides is 1. The summed E-state index contributed by atoms with van der Waals surface area (Å²) in [7, 11) is -3.70. The average Bonchev–Trinajstić information content (AvgIpc) is 3.01. The first-order chi connectivity index (χ1) is 14.8. The fourth-order valence-corrected chi connectivity index (χ4v) is 4.66. The van der Waals surface area contributed by atoms with Crippen molar-refractivity contribution < 1.29 is 13.2 Å². The number of amidine groups is 1. The van der Waals surface area contributed by atoms with Gasteiger partial charge in [-0.1, -0.05) is 36.2 Å². The number of rotatable bonds is 7. The van der Waals surface area contributed by atoms with Crippen LogP contribution in [0.5, 0.6) is 0 Å². The average molecular weight is 463 g/mol. The van der Waals surface area contributed by atoms with E-state index in [-0.39, 0.29) is 23.4 Å². The molecular weight excluding hydrogens is 436 g/mol. The summed E-state index contributed by atoms with van der Waals surface area (Å²) in [6.07, 6.45) is 3.59. The summed E-state index contributed by atoms with van der Waals surface area (Å²) in [5, 5.41) is 6.53. The smallest absolute Gasteiger partial charge is 0.262 e. The highest BCUT2D eigenvalue weighted by Gasteiger charge is 2.17. The second kappa shape index (κ2) is 10.7. The lowest BCUT2D eigenvalue weighted by atomic mass is 10.1. The van der Waals surface area contributed by atoms with Crippen LogP contribution in [0.15, 0.2) is 58.4 Å². The molecule has 3 rings (SSSR count). The number of aliphatic imine (C=N–C) groups is 1. The van der Waals surface area contributed by atoms with Crippen LogP contribution in [0.25, 0.3) is 0 Å². The van der Waals surface area contributed by atoms with Gasteiger partial charge >= 0.3 is 0 Å². The number of halogens is 1. The van der Waals surface area contributed by atoms with Gasteiger partial charge in [-0.2, -0.15) is 0 Å². The van der Waals surface area contributed by atoms with Gasteiger partial charge in [0.1, 0.15) is 5.84 Å². The lowest BCUT2D eigenvalue weighted by Crippen LogP contribution is -2.31. The van der Waals surface area contributed by atoms with E-state index in [0.29, 0.717) is 29.5 Å². The fraction of sp³-hybridized carbons (Fsp3) is 0.364. The van der Waals surface area contributed by atoms with Crippen molar-refractivity contribution in [3.63, 3.8) is 0 Å². The van der Waals surface area contributed by atoms with Crippen molar-refractivity contribution in [1.82, 2.24) is 10.0 Å². The molecule has 0 spiro atoms. The minimum atomic E-state index is -3.70. The molecule has 9 heteroatoms. The second-order valence-corrected chi connectivity index (χ2v) is 9.53. The van der Waals surface area contributed by atoms with Crippen molar-refractivity contribution in [1.29, 1.82) is 0 Å². The maximum absolute atomic E-state index is 12.6. The molecule has 1 heterocycles. The molecule has 31 heavy (non-hydrogen) atoms. The summed E-state index contributed by atoms with van der Waals surface area (Å²) in [6.45, 7) is 2.67. The number of sulfonamides is 1. The van der Waals surface area contributed by atoms with Gasteiger partial charge < -0.3 is 10.6 Å². The maximum atomic E-state index is 12.6. The van der Waals surface area contributed by atoms with Crippen LogP contribution in [0.2, 0.25) is 5.02 Å². The number of hydrogen-bond acceptors (Lipinski definition) is 5. The van der Waals surface area contributed by atoms with Gasteiger partial charge in [-0.05, 0) is 55.7 Å². The van der Waals surface area contributed by atoms with Gasteiger partial charge in [0.05, 0.1) is 11.4 Å². The molecular formula is C22H27ClN4O3S. The maximum Gasteiger partial charge on any atom is 0.262 e. The molecule has 1 aliphatic heterocycles. The Kier molecular flexibility index (Phi) is 8.06. The van der Waals surface area contributed by atoms with Crippen molar-refractivity contribution >= 4 is 39.1 Å². The van der Waals surface area contributed by atoms with Crippen LogP contribution in [0, 0.1) is 0 Å². The van der Waals surface area contributed by atoms with Crippen LogP contribution in [-0.2, 0) is 14.8 Å². The SMILES string of the molecule is C[C@@H](NCC(=O)Nc1ccc(S(=O)(=O)NC2=NCCCCC2)cc1)c1ccccc1Cl. The topological polar surface area (TPSA) is 99.7 Å². The van der Waals surface area contributed by atoms with E-state index in [1.807, 2.05) is 31.2 Å². The van der Waals surface area contributed by atoms with E-state index in [2.05, 4.69) is 20.3 Å². The first-order valence-electron chi connectivity index (χ1n) is 10.3. The molecule has 1 amide bonds. The number of carbonyl (C=O) groups excluding carboxylic acids is 1. The normalized spacial score (nSPS) is 15.5. The third-order valence-electron chi connectivity index (χ3n) is 5.02. The minimum absolute atomic E-state index is 0.0911. The highest BCUT2D eigenvalue weighted by molar-refractivity contribution is 7.90.